The van der Waals surface area contributed by atoms with Gasteiger partial charge in [0, 0.05) is 5.56 Å². The first-order valence-corrected chi connectivity index (χ1v) is 5.78. The van der Waals surface area contributed by atoms with Crippen LogP contribution in [0.5, 0.6) is 0 Å². The molecule has 0 saturated heterocycles. The molecule has 1 heterocycles. The highest BCUT2D eigenvalue weighted by Crippen LogP contribution is 2.19. The predicted octanol–water partition coefficient (Wildman–Crippen LogP) is 3.35. The summed E-state index contributed by atoms with van der Waals surface area (Å²) in [6, 6.07) is 6.78. The zero-order valence-electron chi connectivity index (χ0n) is 9.03. The van der Waals surface area contributed by atoms with E-state index in [1.54, 1.807) is 12.1 Å². The van der Waals surface area contributed by atoms with Gasteiger partial charge < -0.3 is 0 Å². The number of carbonyl (C=O) groups excluding carboxylic acids is 1. The van der Waals surface area contributed by atoms with Gasteiger partial charge in [-0.2, -0.15) is 5.10 Å². The van der Waals surface area contributed by atoms with Crippen LogP contribution in [0.15, 0.2) is 30.3 Å². The zero-order chi connectivity index (χ0) is 13.1. The van der Waals surface area contributed by atoms with Gasteiger partial charge in [0.1, 0.15) is 5.82 Å². The van der Waals surface area contributed by atoms with E-state index in [1.165, 1.54) is 12.1 Å². The molecule has 1 aromatic carbocycles. The summed E-state index contributed by atoms with van der Waals surface area (Å²) in [7, 11) is 0. The van der Waals surface area contributed by atoms with Crippen LogP contribution in [0.1, 0.15) is 16.1 Å². The fourth-order valence-electron chi connectivity index (χ4n) is 1.41. The van der Waals surface area contributed by atoms with E-state index in [2.05, 4.69) is 10.2 Å². The summed E-state index contributed by atoms with van der Waals surface area (Å²) in [4.78, 5) is 11.9. The number of hydrogen-bond acceptors (Lipinski definition) is 3. The number of rotatable bonds is 3. The summed E-state index contributed by atoms with van der Waals surface area (Å²) in [6.07, 6.45) is 0.0372. The van der Waals surface area contributed by atoms with Crippen LogP contribution in [-0.2, 0) is 6.42 Å². The lowest BCUT2D eigenvalue weighted by Gasteiger charge is -2.03. The van der Waals surface area contributed by atoms with Gasteiger partial charge in [-0.25, -0.2) is 4.39 Å². The highest BCUT2D eigenvalue weighted by molar-refractivity contribution is 6.34. The molecule has 0 N–H and O–H groups in total. The zero-order valence-corrected chi connectivity index (χ0v) is 10.5. The molecule has 0 aliphatic carbocycles. The van der Waals surface area contributed by atoms with Crippen LogP contribution in [0.25, 0.3) is 0 Å². The van der Waals surface area contributed by atoms with Crippen molar-refractivity contribution in [1.29, 1.82) is 0 Å². The molecule has 3 nitrogen and oxygen atoms in total. The van der Waals surface area contributed by atoms with Crippen molar-refractivity contribution in [2.24, 2.45) is 0 Å². The van der Waals surface area contributed by atoms with E-state index >= 15 is 0 Å². The van der Waals surface area contributed by atoms with Crippen molar-refractivity contribution in [3.63, 3.8) is 0 Å². The molecule has 18 heavy (non-hydrogen) atoms. The fourth-order valence-corrected chi connectivity index (χ4v) is 1.79. The molecule has 0 fully saturated rings. The molecule has 0 unspecified atom stereocenters. The van der Waals surface area contributed by atoms with Crippen molar-refractivity contribution in [3.8, 4) is 0 Å². The molecule has 0 atom stereocenters. The second-order valence-corrected chi connectivity index (χ2v) is 4.37. The van der Waals surface area contributed by atoms with Crippen LogP contribution in [-0.4, -0.2) is 16.0 Å². The molecular formula is C12H7Cl2FN2O. The number of halogens is 3. The lowest BCUT2D eigenvalue weighted by molar-refractivity contribution is 0.0992. The maximum atomic E-state index is 12.8. The van der Waals surface area contributed by atoms with E-state index < -0.39 is 5.82 Å². The van der Waals surface area contributed by atoms with Crippen LogP contribution in [0, 0.1) is 5.82 Å². The predicted molar refractivity (Wildman–Crippen MR) is 66.5 cm³/mol. The SMILES string of the molecule is O=C(Cc1ccc(Cl)nn1)c1ccc(F)cc1Cl. The molecule has 6 heteroatoms. The standard InChI is InChI=1S/C12H7Cl2FN2O/c13-10-5-7(15)1-3-9(10)11(18)6-8-2-4-12(14)17-16-8/h1-5H,6H2. The average molecular weight is 285 g/mol. The Hall–Kier alpha value is -1.52. The summed E-state index contributed by atoms with van der Waals surface area (Å²) < 4.78 is 12.8. The lowest BCUT2D eigenvalue weighted by Crippen LogP contribution is -2.06. The highest BCUT2D eigenvalue weighted by atomic mass is 35.5. The second-order valence-electron chi connectivity index (χ2n) is 3.57. The molecule has 1 aromatic heterocycles. The van der Waals surface area contributed by atoms with E-state index in [9.17, 15) is 9.18 Å². The average Bonchev–Trinajstić information content (AvgIpc) is 2.32. The van der Waals surface area contributed by atoms with Crippen molar-refractivity contribution >= 4 is 29.0 Å². The number of carbonyl (C=O) groups is 1. The maximum absolute atomic E-state index is 12.8. The van der Waals surface area contributed by atoms with Gasteiger partial charge in [0.2, 0.25) is 0 Å². The Bertz CT molecular complexity index is 587. The minimum absolute atomic E-state index is 0.0372. The highest BCUT2D eigenvalue weighted by Gasteiger charge is 2.12. The minimum Gasteiger partial charge on any atom is -0.294 e. The lowest BCUT2D eigenvalue weighted by atomic mass is 10.1. The van der Waals surface area contributed by atoms with Gasteiger partial charge in [-0.1, -0.05) is 23.2 Å². The summed E-state index contributed by atoms with van der Waals surface area (Å²) >= 11 is 11.4. The van der Waals surface area contributed by atoms with Crippen LogP contribution in [0.3, 0.4) is 0 Å². The second kappa shape index (κ2) is 5.42. The smallest absolute Gasteiger partial charge is 0.170 e. The van der Waals surface area contributed by atoms with Crippen LogP contribution < -0.4 is 0 Å². The Labute approximate surface area is 113 Å². The Morgan fingerprint density at radius 3 is 2.56 bits per heavy atom. The number of benzene rings is 1. The number of nitrogens with zero attached hydrogens (tertiary/aromatic N) is 2. The monoisotopic (exact) mass is 284 g/mol. The molecule has 92 valence electrons. The summed E-state index contributed by atoms with van der Waals surface area (Å²) in [5.74, 6) is -0.737. The minimum atomic E-state index is -0.483. The molecule has 0 saturated carbocycles. The Balaban J connectivity index is 2.19. The van der Waals surface area contributed by atoms with Crippen molar-refractivity contribution in [3.05, 3.63) is 57.6 Å². The number of ketones is 1. The number of hydrogen-bond donors (Lipinski definition) is 0. The van der Waals surface area contributed by atoms with Gasteiger partial charge in [0.25, 0.3) is 0 Å². The third kappa shape index (κ3) is 3.03. The van der Waals surface area contributed by atoms with Crippen molar-refractivity contribution in [1.82, 2.24) is 10.2 Å². The molecule has 0 aliphatic rings. The first-order chi connectivity index (χ1) is 8.56. The summed E-state index contributed by atoms with van der Waals surface area (Å²) in [6.45, 7) is 0. The van der Waals surface area contributed by atoms with Gasteiger partial charge in [-0.3, -0.25) is 4.79 Å². The fraction of sp³-hybridized carbons (Fsp3) is 0.0833. The molecule has 0 spiro atoms. The molecule has 2 rings (SSSR count). The van der Waals surface area contributed by atoms with Gasteiger partial charge in [0.15, 0.2) is 10.9 Å². The molecular weight excluding hydrogens is 278 g/mol. The Morgan fingerprint density at radius 2 is 1.94 bits per heavy atom. The molecule has 0 bridgehead atoms. The van der Waals surface area contributed by atoms with Gasteiger partial charge in [0.05, 0.1) is 17.1 Å². The number of Topliss-reactive ketones (excluding diaryl/α,β-unsaturated/α-hetero) is 1. The van der Waals surface area contributed by atoms with E-state index in [4.69, 9.17) is 23.2 Å². The van der Waals surface area contributed by atoms with E-state index in [0.29, 0.717) is 5.69 Å². The summed E-state index contributed by atoms with van der Waals surface area (Å²) in [5.41, 5.74) is 0.736. The van der Waals surface area contributed by atoms with E-state index in [0.717, 1.165) is 6.07 Å². The third-order valence-corrected chi connectivity index (χ3v) is 2.77. The van der Waals surface area contributed by atoms with E-state index in [-0.39, 0.29) is 27.9 Å². The summed E-state index contributed by atoms with van der Waals surface area (Å²) in [5, 5.41) is 7.74. The maximum Gasteiger partial charge on any atom is 0.170 e. The largest absolute Gasteiger partial charge is 0.294 e. The van der Waals surface area contributed by atoms with Crippen molar-refractivity contribution < 1.29 is 9.18 Å². The molecule has 0 amide bonds. The molecule has 0 aliphatic heterocycles. The van der Waals surface area contributed by atoms with Gasteiger partial charge >= 0.3 is 0 Å². The quantitative estimate of drug-likeness (QED) is 0.812. The van der Waals surface area contributed by atoms with Crippen LogP contribution in [0.2, 0.25) is 10.2 Å². The third-order valence-electron chi connectivity index (χ3n) is 2.26. The molecule has 2 aromatic rings. The Morgan fingerprint density at radius 1 is 1.17 bits per heavy atom. The molecule has 0 radical (unpaired) electrons. The van der Waals surface area contributed by atoms with Crippen molar-refractivity contribution in [2.45, 2.75) is 6.42 Å². The van der Waals surface area contributed by atoms with Crippen LogP contribution >= 0.6 is 23.2 Å². The van der Waals surface area contributed by atoms with Crippen LogP contribution in [0.4, 0.5) is 4.39 Å². The van der Waals surface area contributed by atoms with Gasteiger partial charge in [-0.15, -0.1) is 5.10 Å². The van der Waals surface area contributed by atoms with Gasteiger partial charge in [-0.05, 0) is 30.3 Å². The topological polar surface area (TPSA) is 42.9 Å². The number of aromatic nitrogens is 2. The Kier molecular flexibility index (Phi) is 3.89. The first-order valence-electron chi connectivity index (χ1n) is 5.02. The first kappa shape index (κ1) is 12.9. The normalized spacial score (nSPS) is 10.4. The van der Waals surface area contributed by atoms with E-state index in [1.807, 2.05) is 0 Å². The van der Waals surface area contributed by atoms with Crippen molar-refractivity contribution in [2.75, 3.05) is 0 Å².